The van der Waals surface area contributed by atoms with Gasteiger partial charge in [0.1, 0.15) is 0 Å². The van der Waals surface area contributed by atoms with Crippen LogP contribution in [0.3, 0.4) is 0 Å². The Bertz CT molecular complexity index is 1040. The molecule has 2 amide bonds. The summed E-state index contributed by atoms with van der Waals surface area (Å²) in [5, 5.41) is 17.4. The maximum atomic E-state index is 13.4. The van der Waals surface area contributed by atoms with E-state index in [9.17, 15) is 14.0 Å². The monoisotopic (exact) mass is 394 g/mol. The lowest BCUT2D eigenvalue weighted by Crippen LogP contribution is -2.22. The lowest BCUT2D eigenvalue weighted by molar-refractivity contribution is 0.0690. The summed E-state index contributed by atoms with van der Waals surface area (Å²) in [6.07, 6.45) is 2.48. The minimum Gasteiger partial charge on any atom is -0.476 e. The summed E-state index contributed by atoms with van der Waals surface area (Å²) in [7, 11) is 1.44. The van der Waals surface area contributed by atoms with E-state index >= 15 is 0 Å². The van der Waals surface area contributed by atoms with Gasteiger partial charge in [0.2, 0.25) is 5.95 Å². The second kappa shape index (κ2) is 7.51. The van der Waals surface area contributed by atoms with Crippen molar-refractivity contribution in [2.24, 2.45) is 0 Å². The molecular weight excluding hydrogens is 383 g/mol. The Hall–Kier alpha value is -3.31. The number of halogens is 2. The number of anilines is 2. The zero-order valence-electron chi connectivity index (χ0n) is 13.7. The Kier molecular flexibility index (Phi) is 5.14. The fraction of sp³-hybridized carbons (Fsp3) is 0.133. The van der Waals surface area contributed by atoms with Gasteiger partial charge in [-0.15, -0.1) is 5.10 Å². The SMILES string of the molecule is COCc1c(NC(=O)Nc2cnc(C(=O)O)c(Cl)c2)cnc2cc(F)nn12. The number of nitrogens with zero attached hydrogens (tertiary/aromatic N) is 4. The molecule has 3 aromatic rings. The molecule has 0 aliphatic rings. The summed E-state index contributed by atoms with van der Waals surface area (Å²) in [6.45, 7) is 0.0381. The van der Waals surface area contributed by atoms with Gasteiger partial charge in [-0.05, 0) is 6.07 Å². The number of aromatic carboxylic acids is 1. The summed E-state index contributed by atoms with van der Waals surface area (Å²) >= 11 is 5.81. The largest absolute Gasteiger partial charge is 0.476 e. The van der Waals surface area contributed by atoms with Gasteiger partial charge in [0.25, 0.3) is 0 Å². The van der Waals surface area contributed by atoms with E-state index in [0.29, 0.717) is 5.69 Å². The first-order valence-electron chi connectivity index (χ1n) is 7.38. The molecule has 12 heteroatoms. The number of aromatic nitrogens is 4. The molecular formula is C15H12ClFN6O4. The van der Waals surface area contributed by atoms with Crippen LogP contribution < -0.4 is 10.6 Å². The number of ether oxygens (including phenoxy) is 1. The number of rotatable bonds is 5. The topological polar surface area (TPSA) is 131 Å². The van der Waals surface area contributed by atoms with E-state index in [1.807, 2.05) is 0 Å². The molecule has 3 heterocycles. The average molecular weight is 395 g/mol. The lowest BCUT2D eigenvalue weighted by Gasteiger charge is -2.12. The van der Waals surface area contributed by atoms with Gasteiger partial charge in [-0.2, -0.15) is 4.39 Å². The van der Waals surface area contributed by atoms with E-state index in [1.165, 1.54) is 23.9 Å². The van der Waals surface area contributed by atoms with E-state index < -0.39 is 17.9 Å². The molecule has 10 nitrogen and oxygen atoms in total. The number of urea groups is 1. The van der Waals surface area contributed by atoms with Crippen LogP contribution in [0.1, 0.15) is 16.2 Å². The molecule has 0 aliphatic heterocycles. The number of methoxy groups -OCH3 is 1. The number of carboxylic acids is 1. The van der Waals surface area contributed by atoms with Crippen LogP contribution in [0.25, 0.3) is 5.65 Å². The molecule has 0 fully saturated rings. The third kappa shape index (κ3) is 3.93. The van der Waals surface area contributed by atoms with Crippen LogP contribution in [0.15, 0.2) is 24.5 Å². The highest BCUT2D eigenvalue weighted by molar-refractivity contribution is 6.33. The zero-order chi connectivity index (χ0) is 19.6. The van der Waals surface area contributed by atoms with E-state index in [0.717, 1.165) is 12.3 Å². The van der Waals surface area contributed by atoms with Crippen LogP contribution in [0.4, 0.5) is 20.6 Å². The summed E-state index contributed by atoms with van der Waals surface area (Å²) in [4.78, 5) is 30.8. The molecule has 0 saturated heterocycles. The van der Waals surface area contributed by atoms with Gasteiger partial charge < -0.3 is 20.5 Å². The predicted octanol–water partition coefficient (Wildman–Crippen LogP) is 2.41. The van der Waals surface area contributed by atoms with E-state index in [-0.39, 0.29) is 34.3 Å². The van der Waals surface area contributed by atoms with Crippen molar-refractivity contribution >= 4 is 40.6 Å². The Morgan fingerprint density at radius 3 is 2.74 bits per heavy atom. The third-order valence-electron chi connectivity index (χ3n) is 3.38. The zero-order valence-corrected chi connectivity index (χ0v) is 14.5. The highest BCUT2D eigenvalue weighted by Crippen LogP contribution is 2.20. The van der Waals surface area contributed by atoms with Crippen LogP contribution in [0.2, 0.25) is 5.02 Å². The van der Waals surface area contributed by atoms with Gasteiger partial charge in [0.15, 0.2) is 11.3 Å². The van der Waals surface area contributed by atoms with E-state index in [4.69, 9.17) is 21.4 Å². The molecule has 0 unspecified atom stereocenters. The standard InChI is InChI=1S/C15H12ClFN6O4/c1-27-6-10-9(5-18-12-3-11(17)22-23(10)12)21-15(26)20-7-2-8(16)13(14(24)25)19-4-7/h2-5H,6H2,1H3,(H,24,25)(H2,20,21,26). The highest BCUT2D eigenvalue weighted by Gasteiger charge is 2.15. The van der Waals surface area contributed by atoms with Gasteiger partial charge in [0.05, 0.1) is 41.1 Å². The fourth-order valence-corrected chi connectivity index (χ4v) is 2.53. The molecule has 0 saturated carbocycles. The molecule has 3 rings (SSSR count). The quantitative estimate of drug-likeness (QED) is 0.605. The number of carboxylic acid groups (broad SMARTS) is 1. The van der Waals surface area contributed by atoms with E-state index in [1.54, 1.807) is 0 Å². The molecule has 0 bridgehead atoms. The number of carbonyl (C=O) groups is 2. The van der Waals surface area contributed by atoms with Crippen LogP contribution in [0.5, 0.6) is 0 Å². The van der Waals surface area contributed by atoms with Gasteiger partial charge in [-0.25, -0.2) is 24.1 Å². The summed E-state index contributed by atoms with van der Waals surface area (Å²) < 4.78 is 19.7. The number of carbonyl (C=O) groups excluding carboxylic acids is 1. The van der Waals surface area contributed by atoms with Gasteiger partial charge >= 0.3 is 12.0 Å². The first-order chi connectivity index (χ1) is 12.9. The highest BCUT2D eigenvalue weighted by atomic mass is 35.5. The molecule has 0 atom stereocenters. The summed E-state index contributed by atoms with van der Waals surface area (Å²) in [6, 6.07) is 1.71. The first kappa shape index (κ1) is 18.5. The molecule has 3 aromatic heterocycles. The normalized spacial score (nSPS) is 10.8. The van der Waals surface area contributed by atoms with E-state index in [2.05, 4.69) is 25.7 Å². The van der Waals surface area contributed by atoms with Crippen molar-refractivity contribution in [3.8, 4) is 0 Å². The van der Waals surface area contributed by atoms with Gasteiger partial charge in [-0.3, -0.25) is 0 Å². The maximum Gasteiger partial charge on any atom is 0.356 e. The Morgan fingerprint density at radius 1 is 1.30 bits per heavy atom. The number of hydrogen-bond acceptors (Lipinski definition) is 6. The van der Waals surface area contributed by atoms with Crippen molar-refractivity contribution in [1.82, 2.24) is 19.6 Å². The second-order valence-electron chi connectivity index (χ2n) is 5.23. The number of nitrogens with one attached hydrogen (secondary N) is 2. The Balaban J connectivity index is 1.82. The van der Waals surface area contributed by atoms with Crippen LogP contribution in [-0.4, -0.2) is 43.8 Å². The van der Waals surface area contributed by atoms with Gasteiger partial charge in [-0.1, -0.05) is 11.6 Å². The molecule has 0 spiro atoms. The second-order valence-corrected chi connectivity index (χ2v) is 5.63. The predicted molar refractivity (Wildman–Crippen MR) is 92.5 cm³/mol. The smallest absolute Gasteiger partial charge is 0.356 e. The minimum absolute atomic E-state index is 0.0381. The third-order valence-corrected chi connectivity index (χ3v) is 3.67. The lowest BCUT2D eigenvalue weighted by atomic mass is 10.3. The van der Waals surface area contributed by atoms with Gasteiger partial charge in [0, 0.05) is 13.2 Å². The molecule has 27 heavy (non-hydrogen) atoms. The van der Waals surface area contributed by atoms with Crippen LogP contribution in [0, 0.1) is 5.95 Å². The fourth-order valence-electron chi connectivity index (χ4n) is 2.28. The van der Waals surface area contributed by atoms with Crippen molar-refractivity contribution in [2.75, 3.05) is 17.7 Å². The van der Waals surface area contributed by atoms with Crippen molar-refractivity contribution in [2.45, 2.75) is 6.61 Å². The average Bonchev–Trinajstić information content (AvgIpc) is 2.97. The number of pyridine rings is 1. The number of hydrogen-bond donors (Lipinski definition) is 3. The number of amides is 2. The maximum absolute atomic E-state index is 13.4. The molecule has 0 radical (unpaired) electrons. The molecule has 0 aromatic carbocycles. The van der Waals surface area contributed by atoms with Crippen molar-refractivity contribution < 1.29 is 23.8 Å². The number of fused-ring (bicyclic) bond motifs is 1. The summed E-state index contributed by atoms with van der Waals surface area (Å²) in [5.74, 6) is -2.01. The van der Waals surface area contributed by atoms with Crippen molar-refractivity contribution in [3.05, 3.63) is 46.9 Å². The van der Waals surface area contributed by atoms with Crippen molar-refractivity contribution in [3.63, 3.8) is 0 Å². The Labute approximate surface area is 155 Å². The molecule has 3 N–H and O–H groups in total. The first-order valence-corrected chi connectivity index (χ1v) is 7.75. The molecule has 0 aliphatic carbocycles. The molecule has 140 valence electrons. The Morgan fingerprint density at radius 2 is 2.07 bits per heavy atom. The minimum atomic E-state index is -1.29. The van der Waals surface area contributed by atoms with Crippen molar-refractivity contribution in [1.29, 1.82) is 0 Å². The van der Waals surface area contributed by atoms with Crippen LogP contribution >= 0.6 is 11.6 Å². The summed E-state index contributed by atoms with van der Waals surface area (Å²) in [5.41, 5.74) is 0.714. The van der Waals surface area contributed by atoms with Crippen LogP contribution in [-0.2, 0) is 11.3 Å².